The maximum absolute atomic E-state index is 12.0. The van der Waals surface area contributed by atoms with E-state index >= 15 is 0 Å². The molecule has 0 aliphatic carbocycles. The third kappa shape index (κ3) is 4.84. The average Bonchev–Trinajstić information content (AvgIpc) is 2.41. The van der Waals surface area contributed by atoms with E-state index in [0.717, 1.165) is 25.3 Å². The molecule has 1 amide bonds. The molecule has 0 aromatic heterocycles. The molecule has 3 nitrogen and oxygen atoms in total. The second kappa shape index (κ2) is 7.70. The minimum atomic E-state index is 0.168. The van der Waals surface area contributed by atoms with Crippen LogP contribution in [0.25, 0.3) is 0 Å². The van der Waals surface area contributed by atoms with Crippen LogP contribution in [0.2, 0.25) is 0 Å². The van der Waals surface area contributed by atoms with Crippen molar-refractivity contribution in [2.75, 3.05) is 18.8 Å². The number of hydrogen-bond acceptors (Lipinski definition) is 3. The van der Waals surface area contributed by atoms with Gasteiger partial charge in [0.1, 0.15) is 0 Å². The van der Waals surface area contributed by atoms with Crippen LogP contribution < -0.4 is 10.6 Å². The van der Waals surface area contributed by atoms with E-state index in [2.05, 4.69) is 48.7 Å². The number of thioether (sulfide) groups is 1. The van der Waals surface area contributed by atoms with Gasteiger partial charge in [-0.05, 0) is 37.9 Å². The molecule has 2 atom stereocenters. The van der Waals surface area contributed by atoms with Gasteiger partial charge in [-0.3, -0.25) is 4.79 Å². The highest BCUT2D eigenvalue weighted by atomic mass is 32.2. The first-order valence-electron chi connectivity index (χ1n) is 7.28. The number of aryl methyl sites for hydroxylation is 1. The number of piperidine rings is 1. The Morgan fingerprint density at radius 3 is 3.10 bits per heavy atom. The summed E-state index contributed by atoms with van der Waals surface area (Å²) in [5, 5.41) is 6.52. The van der Waals surface area contributed by atoms with Gasteiger partial charge in [-0.25, -0.2) is 0 Å². The van der Waals surface area contributed by atoms with Crippen molar-refractivity contribution in [2.24, 2.45) is 5.92 Å². The summed E-state index contributed by atoms with van der Waals surface area (Å²) in [6.45, 7) is 6.30. The largest absolute Gasteiger partial charge is 0.352 e. The molecule has 0 saturated carbocycles. The van der Waals surface area contributed by atoms with E-state index in [0.29, 0.717) is 17.7 Å². The van der Waals surface area contributed by atoms with Gasteiger partial charge in [0.05, 0.1) is 5.75 Å². The normalized spacial score (nSPS) is 22.5. The van der Waals surface area contributed by atoms with E-state index < -0.39 is 0 Å². The van der Waals surface area contributed by atoms with Crippen molar-refractivity contribution in [3.8, 4) is 0 Å². The minimum absolute atomic E-state index is 0.168. The van der Waals surface area contributed by atoms with Gasteiger partial charge in [-0.1, -0.05) is 36.8 Å². The number of benzene rings is 1. The average molecular weight is 292 g/mol. The molecule has 1 aromatic rings. The lowest BCUT2D eigenvalue weighted by Crippen LogP contribution is -2.48. The summed E-state index contributed by atoms with van der Waals surface area (Å²) in [6.07, 6.45) is 1.04. The number of rotatable bonds is 5. The zero-order valence-electron chi connectivity index (χ0n) is 12.3. The van der Waals surface area contributed by atoms with E-state index in [-0.39, 0.29) is 5.91 Å². The van der Waals surface area contributed by atoms with Crippen LogP contribution in [0, 0.1) is 12.8 Å². The highest BCUT2D eigenvalue weighted by molar-refractivity contribution is 7.99. The van der Waals surface area contributed by atoms with Crippen LogP contribution in [0.3, 0.4) is 0 Å². The zero-order chi connectivity index (χ0) is 14.4. The fourth-order valence-corrected chi connectivity index (χ4v) is 3.33. The first-order valence-corrected chi connectivity index (χ1v) is 8.44. The lowest BCUT2D eigenvalue weighted by atomic mass is 9.95. The molecule has 2 rings (SSSR count). The molecule has 0 bridgehead atoms. The molecular weight excluding hydrogens is 268 g/mol. The third-order valence-corrected chi connectivity index (χ3v) is 4.72. The molecular formula is C16H24N2OS. The monoisotopic (exact) mass is 292 g/mol. The number of carbonyl (C=O) groups excluding carboxylic acids is 1. The SMILES string of the molecule is Cc1cccc(CSCC(=O)NC2CCNCC2C)c1. The molecule has 4 heteroatoms. The molecule has 1 saturated heterocycles. The van der Waals surface area contributed by atoms with Crippen LogP contribution in [-0.2, 0) is 10.5 Å². The third-order valence-electron chi connectivity index (χ3n) is 3.72. The highest BCUT2D eigenvalue weighted by Gasteiger charge is 2.22. The second-order valence-corrected chi connectivity index (χ2v) is 6.61. The molecule has 0 radical (unpaired) electrons. The Bertz CT molecular complexity index is 450. The smallest absolute Gasteiger partial charge is 0.230 e. The Balaban J connectivity index is 1.70. The van der Waals surface area contributed by atoms with Crippen LogP contribution in [0.4, 0.5) is 0 Å². The van der Waals surface area contributed by atoms with Crippen molar-refractivity contribution in [1.29, 1.82) is 0 Å². The summed E-state index contributed by atoms with van der Waals surface area (Å²) in [5.41, 5.74) is 2.56. The maximum Gasteiger partial charge on any atom is 0.230 e. The van der Waals surface area contributed by atoms with Crippen LogP contribution >= 0.6 is 11.8 Å². The topological polar surface area (TPSA) is 41.1 Å². The Labute approximate surface area is 125 Å². The fourth-order valence-electron chi connectivity index (χ4n) is 2.54. The highest BCUT2D eigenvalue weighted by Crippen LogP contribution is 2.14. The Morgan fingerprint density at radius 2 is 2.35 bits per heavy atom. The number of nitrogens with one attached hydrogen (secondary N) is 2. The molecule has 1 fully saturated rings. The quantitative estimate of drug-likeness (QED) is 0.875. The maximum atomic E-state index is 12.0. The van der Waals surface area contributed by atoms with Crippen LogP contribution in [0.15, 0.2) is 24.3 Å². The molecule has 20 heavy (non-hydrogen) atoms. The van der Waals surface area contributed by atoms with Crippen molar-refractivity contribution >= 4 is 17.7 Å². The van der Waals surface area contributed by atoms with Crippen molar-refractivity contribution in [3.63, 3.8) is 0 Å². The van der Waals surface area contributed by atoms with Crippen molar-refractivity contribution in [2.45, 2.75) is 32.1 Å². The lowest BCUT2D eigenvalue weighted by Gasteiger charge is -2.30. The molecule has 1 aliphatic heterocycles. The summed E-state index contributed by atoms with van der Waals surface area (Å²) >= 11 is 1.69. The minimum Gasteiger partial charge on any atom is -0.352 e. The Hall–Kier alpha value is -1.00. The Kier molecular flexibility index (Phi) is 5.92. The van der Waals surface area contributed by atoms with Crippen LogP contribution in [-0.4, -0.2) is 30.8 Å². The van der Waals surface area contributed by atoms with E-state index in [9.17, 15) is 4.79 Å². The summed E-state index contributed by atoms with van der Waals surface area (Å²) in [4.78, 5) is 12.0. The number of carbonyl (C=O) groups is 1. The number of amides is 1. The fraction of sp³-hybridized carbons (Fsp3) is 0.562. The molecule has 1 aromatic carbocycles. The van der Waals surface area contributed by atoms with E-state index in [4.69, 9.17) is 0 Å². The molecule has 1 aliphatic rings. The summed E-state index contributed by atoms with van der Waals surface area (Å²) in [5.74, 6) is 2.14. The van der Waals surface area contributed by atoms with Gasteiger partial charge in [-0.2, -0.15) is 0 Å². The first-order chi connectivity index (χ1) is 9.65. The van der Waals surface area contributed by atoms with Crippen molar-refractivity contribution < 1.29 is 4.79 Å². The standard InChI is InChI=1S/C16H24N2OS/c1-12-4-3-5-14(8-12)10-20-11-16(19)18-15-6-7-17-9-13(15)2/h3-5,8,13,15,17H,6-7,9-11H2,1-2H3,(H,18,19). The molecule has 2 unspecified atom stereocenters. The van der Waals surface area contributed by atoms with E-state index in [1.807, 2.05) is 0 Å². The predicted molar refractivity (Wildman–Crippen MR) is 85.9 cm³/mol. The van der Waals surface area contributed by atoms with Gasteiger partial charge in [0.25, 0.3) is 0 Å². The molecule has 110 valence electrons. The van der Waals surface area contributed by atoms with Crippen LogP contribution in [0.1, 0.15) is 24.5 Å². The first kappa shape index (κ1) is 15.4. The number of hydrogen-bond donors (Lipinski definition) is 2. The summed E-state index contributed by atoms with van der Waals surface area (Å²) < 4.78 is 0. The lowest BCUT2D eigenvalue weighted by molar-refractivity contribution is -0.119. The van der Waals surface area contributed by atoms with Gasteiger partial charge in [0.2, 0.25) is 5.91 Å². The van der Waals surface area contributed by atoms with E-state index in [1.165, 1.54) is 11.1 Å². The molecule has 2 N–H and O–H groups in total. The second-order valence-electron chi connectivity index (χ2n) is 5.63. The van der Waals surface area contributed by atoms with Gasteiger partial charge in [-0.15, -0.1) is 11.8 Å². The summed E-state index contributed by atoms with van der Waals surface area (Å²) in [7, 11) is 0. The molecule has 0 spiro atoms. The predicted octanol–water partition coefficient (Wildman–Crippen LogP) is 2.34. The van der Waals surface area contributed by atoms with Crippen LogP contribution in [0.5, 0.6) is 0 Å². The van der Waals surface area contributed by atoms with E-state index in [1.54, 1.807) is 11.8 Å². The van der Waals surface area contributed by atoms with Gasteiger partial charge >= 0.3 is 0 Å². The van der Waals surface area contributed by atoms with Crippen molar-refractivity contribution in [3.05, 3.63) is 35.4 Å². The van der Waals surface area contributed by atoms with Gasteiger partial charge in [0.15, 0.2) is 0 Å². The Morgan fingerprint density at radius 1 is 1.50 bits per heavy atom. The summed E-state index contributed by atoms with van der Waals surface area (Å²) in [6, 6.07) is 8.80. The van der Waals surface area contributed by atoms with Crippen molar-refractivity contribution in [1.82, 2.24) is 10.6 Å². The molecule has 1 heterocycles. The van der Waals surface area contributed by atoms with Gasteiger partial charge in [0, 0.05) is 11.8 Å². The van der Waals surface area contributed by atoms with Gasteiger partial charge < -0.3 is 10.6 Å². The zero-order valence-corrected chi connectivity index (χ0v) is 13.1.